The van der Waals surface area contributed by atoms with Gasteiger partial charge in [-0.1, -0.05) is 23.7 Å². The maximum absolute atomic E-state index is 12.8. The molecule has 7 nitrogen and oxygen atoms in total. The summed E-state index contributed by atoms with van der Waals surface area (Å²) >= 11 is 5.96. The van der Waals surface area contributed by atoms with Gasteiger partial charge in [0.1, 0.15) is 16.7 Å². The first-order valence-electron chi connectivity index (χ1n) is 8.14. The Hall–Kier alpha value is -2.85. The zero-order valence-electron chi connectivity index (χ0n) is 15.3. The first-order valence-corrected chi connectivity index (χ1v) is 10.0. The smallest absolute Gasteiger partial charge is 0.387 e. The third kappa shape index (κ3) is 4.60. The topological polar surface area (TPSA) is 82.5 Å². The molecule has 2 aromatic carbocycles. The predicted octanol–water partition coefficient (Wildman–Crippen LogP) is 4.15. The van der Waals surface area contributed by atoms with E-state index in [0.29, 0.717) is 11.3 Å². The Morgan fingerprint density at radius 1 is 1.17 bits per heavy atom. The number of aryl methyl sites for hydroxylation is 1. The molecule has 11 heteroatoms. The number of hydrogen-bond acceptors (Lipinski definition) is 5. The van der Waals surface area contributed by atoms with Crippen LogP contribution >= 0.6 is 11.6 Å². The van der Waals surface area contributed by atoms with Gasteiger partial charge in [-0.05, 0) is 35.9 Å². The average Bonchev–Trinajstić information content (AvgIpc) is 3.02. The lowest BCUT2D eigenvalue weighted by molar-refractivity contribution is -0.0494. The number of nitrogens with one attached hydrogen (secondary N) is 1. The van der Waals surface area contributed by atoms with Crippen LogP contribution < -0.4 is 14.2 Å². The number of hydrogen-bond donors (Lipinski definition) is 1. The second-order valence-corrected chi connectivity index (χ2v) is 7.83. The molecule has 154 valence electrons. The minimum atomic E-state index is -4.09. The molecule has 1 N–H and O–H groups in total. The molecule has 0 bridgehead atoms. The normalized spacial score (nSPS) is 11.5. The summed E-state index contributed by atoms with van der Waals surface area (Å²) in [5, 5.41) is -0.411. The van der Waals surface area contributed by atoms with E-state index in [0.717, 1.165) is 0 Å². The zero-order valence-corrected chi connectivity index (χ0v) is 16.8. The van der Waals surface area contributed by atoms with E-state index in [1.807, 2.05) is 0 Å². The van der Waals surface area contributed by atoms with Crippen LogP contribution in [0.3, 0.4) is 0 Å². The summed E-state index contributed by atoms with van der Waals surface area (Å²) in [5.74, 6) is 0.468. The molecule has 3 rings (SSSR count). The van der Waals surface area contributed by atoms with Crippen molar-refractivity contribution in [3.8, 4) is 22.6 Å². The number of aromatic nitrogens is 2. The van der Waals surface area contributed by atoms with Crippen molar-refractivity contribution < 1.29 is 26.7 Å². The van der Waals surface area contributed by atoms with Gasteiger partial charge in [-0.2, -0.15) is 17.2 Å². The highest BCUT2D eigenvalue weighted by Gasteiger charge is 2.23. The second kappa shape index (κ2) is 8.26. The van der Waals surface area contributed by atoms with Gasteiger partial charge in [-0.25, -0.2) is 4.98 Å². The standard InChI is InChI=1S/C18H16ClF2N3O4S/c1-24-10-22-17(16(24)19)29(25,26)23-12-5-8-15(28-18(20)21)14(9-12)11-3-6-13(27-2)7-4-11/h3-10,18,23H,1-2H3. The molecule has 0 spiro atoms. The predicted molar refractivity (Wildman–Crippen MR) is 104 cm³/mol. The summed E-state index contributed by atoms with van der Waals surface area (Å²) < 4.78 is 64.1. The van der Waals surface area contributed by atoms with Crippen molar-refractivity contribution in [2.75, 3.05) is 11.8 Å². The number of sulfonamides is 1. The fourth-order valence-electron chi connectivity index (χ4n) is 2.57. The minimum Gasteiger partial charge on any atom is -0.497 e. The van der Waals surface area contributed by atoms with Crippen molar-refractivity contribution in [1.82, 2.24) is 9.55 Å². The minimum absolute atomic E-state index is 0.0643. The molecule has 0 saturated heterocycles. The van der Waals surface area contributed by atoms with E-state index in [1.165, 1.54) is 36.2 Å². The Bertz CT molecular complexity index is 1120. The molecule has 0 fully saturated rings. The summed E-state index contributed by atoms with van der Waals surface area (Å²) in [6.45, 7) is -3.04. The highest BCUT2D eigenvalue weighted by molar-refractivity contribution is 7.92. The van der Waals surface area contributed by atoms with Gasteiger partial charge in [0, 0.05) is 18.3 Å². The number of anilines is 1. The molecule has 1 aromatic heterocycles. The number of halogens is 3. The highest BCUT2D eigenvalue weighted by atomic mass is 35.5. The summed E-state index contributed by atoms with van der Waals surface area (Å²) in [6.07, 6.45) is 1.26. The number of imidazole rings is 1. The molecule has 29 heavy (non-hydrogen) atoms. The van der Waals surface area contributed by atoms with E-state index in [2.05, 4.69) is 14.4 Å². The van der Waals surface area contributed by atoms with Gasteiger partial charge in [0.2, 0.25) is 5.03 Å². The summed E-state index contributed by atoms with van der Waals surface area (Å²) in [7, 11) is -1.04. The van der Waals surface area contributed by atoms with Gasteiger partial charge in [0.15, 0.2) is 0 Å². The Morgan fingerprint density at radius 2 is 1.86 bits per heavy atom. The molecule has 0 aliphatic rings. The van der Waals surface area contributed by atoms with Crippen molar-refractivity contribution in [1.29, 1.82) is 0 Å². The van der Waals surface area contributed by atoms with Gasteiger partial charge >= 0.3 is 6.61 Å². The third-order valence-corrected chi connectivity index (χ3v) is 5.81. The van der Waals surface area contributed by atoms with Crippen molar-refractivity contribution in [2.24, 2.45) is 7.05 Å². The van der Waals surface area contributed by atoms with Gasteiger partial charge in [-0.15, -0.1) is 0 Å². The molecule has 0 amide bonds. The zero-order chi connectivity index (χ0) is 21.2. The van der Waals surface area contributed by atoms with Crippen LogP contribution in [-0.4, -0.2) is 31.7 Å². The number of rotatable bonds is 7. The molecule has 0 unspecified atom stereocenters. The number of nitrogens with zero attached hydrogens (tertiary/aromatic N) is 2. The van der Waals surface area contributed by atoms with E-state index in [-0.39, 0.29) is 27.2 Å². The van der Waals surface area contributed by atoms with Crippen LogP contribution in [0.5, 0.6) is 11.5 Å². The quantitative estimate of drug-likeness (QED) is 0.593. The number of methoxy groups -OCH3 is 1. The Morgan fingerprint density at radius 3 is 2.41 bits per heavy atom. The molecule has 0 saturated carbocycles. The summed E-state index contributed by atoms with van der Waals surface area (Å²) in [5.41, 5.74) is 0.915. The number of ether oxygens (including phenoxy) is 2. The Balaban J connectivity index is 2.01. The van der Waals surface area contributed by atoms with Gasteiger partial charge in [0.05, 0.1) is 13.4 Å². The van der Waals surface area contributed by atoms with Gasteiger partial charge < -0.3 is 14.0 Å². The third-order valence-electron chi connectivity index (χ3n) is 3.94. The lowest BCUT2D eigenvalue weighted by Crippen LogP contribution is -2.14. The maximum Gasteiger partial charge on any atom is 0.387 e. The maximum atomic E-state index is 12.8. The summed E-state index contributed by atoms with van der Waals surface area (Å²) in [6, 6.07) is 10.5. The molecule has 0 aliphatic carbocycles. The van der Waals surface area contributed by atoms with Crippen LogP contribution in [-0.2, 0) is 17.1 Å². The van der Waals surface area contributed by atoms with Crippen molar-refractivity contribution >= 4 is 27.3 Å². The monoisotopic (exact) mass is 443 g/mol. The van der Waals surface area contributed by atoms with Crippen molar-refractivity contribution in [3.63, 3.8) is 0 Å². The van der Waals surface area contributed by atoms with Crippen LogP contribution in [0.15, 0.2) is 53.8 Å². The second-order valence-electron chi connectivity index (χ2n) is 5.87. The van der Waals surface area contributed by atoms with Crippen LogP contribution in [0.1, 0.15) is 0 Å². The number of alkyl halides is 2. The number of benzene rings is 2. The first-order chi connectivity index (χ1) is 13.7. The van der Waals surface area contributed by atoms with E-state index < -0.39 is 16.6 Å². The highest BCUT2D eigenvalue weighted by Crippen LogP contribution is 2.35. The molecule has 0 radical (unpaired) electrons. The lowest BCUT2D eigenvalue weighted by Gasteiger charge is -2.14. The van der Waals surface area contributed by atoms with Crippen LogP contribution in [0.2, 0.25) is 5.15 Å². The molecule has 3 aromatic rings. The molecular formula is C18H16ClF2N3O4S. The van der Waals surface area contributed by atoms with E-state index in [9.17, 15) is 17.2 Å². The van der Waals surface area contributed by atoms with Gasteiger partial charge in [0.25, 0.3) is 10.0 Å². The fraction of sp³-hybridized carbons (Fsp3) is 0.167. The Kier molecular flexibility index (Phi) is 5.94. The molecule has 0 atom stereocenters. The van der Waals surface area contributed by atoms with Crippen LogP contribution in [0.4, 0.5) is 14.5 Å². The lowest BCUT2D eigenvalue weighted by atomic mass is 10.0. The van der Waals surface area contributed by atoms with E-state index in [4.69, 9.17) is 16.3 Å². The van der Waals surface area contributed by atoms with Crippen LogP contribution in [0.25, 0.3) is 11.1 Å². The largest absolute Gasteiger partial charge is 0.497 e. The first kappa shape index (κ1) is 20.9. The SMILES string of the molecule is COc1ccc(-c2cc(NS(=O)(=O)c3ncn(C)c3Cl)ccc2OC(F)F)cc1. The Labute approximate surface area is 170 Å². The fourth-order valence-corrected chi connectivity index (χ4v) is 4.05. The van der Waals surface area contributed by atoms with Crippen LogP contribution in [0, 0.1) is 0 Å². The van der Waals surface area contributed by atoms with Crippen molar-refractivity contribution in [2.45, 2.75) is 11.6 Å². The molecular weight excluding hydrogens is 428 g/mol. The van der Waals surface area contributed by atoms with Crippen molar-refractivity contribution in [3.05, 3.63) is 53.9 Å². The van der Waals surface area contributed by atoms with E-state index in [1.54, 1.807) is 31.3 Å². The average molecular weight is 444 g/mol. The van der Waals surface area contributed by atoms with Gasteiger partial charge in [-0.3, -0.25) is 4.72 Å². The molecule has 1 heterocycles. The summed E-state index contributed by atoms with van der Waals surface area (Å²) in [4.78, 5) is 3.78. The molecule has 0 aliphatic heterocycles. The van der Waals surface area contributed by atoms with E-state index >= 15 is 0 Å².